The van der Waals surface area contributed by atoms with Gasteiger partial charge >= 0.3 is 0 Å². The van der Waals surface area contributed by atoms with Crippen molar-refractivity contribution in [1.82, 2.24) is 10.3 Å². The maximum absolute atomic E-state index is 6.34. The molecule has 3 aliphatic rings. The van der Waals surface area contributed by atoms with Crippen LogP contribution in [0, 0.1) is 0 Å². The second-order valence-electron chi connectivity index (χ2n) is 8.21. The lowest BCUT2D eigenvalue weighted by atomic mass is 9.83. The molecule has 4 heterocycles. The first-order chi connectivity index (χ1) is 13.8. The van der Waals surface area contributed by atoms with Crippen LogP contribution in [-0.2, 0) is 0 Å². The number of nitrogens with zero attached hydrogens (tertiary/aromatic N) is 1. The number of para-hydroxylation sites is 2. The van der Waals surface area contributed by atoms with E-state index in [-0.39, 0.29) is 0 Å². The van der Waals surface area contributed by atoms with Gasteiger partial charge in [-0.2, -0.15) is 0 Å². The number of fused-ring (bicyclic) bond motifs is 4. The maximum atomic E-state index is 6.34. The molecule has 4 nitrogen and oxygen atoms in total. The highest BCUT2D eigenvalue weighted by Gasteiger charge is 2.36. The zero-order valence-corrected chi connectivity index (χ0v) is 15.7. The van der Waals surface area contributed by atoms with Crippen molar-refractivity contribution in [3.05, 3.63) is 66.5 Å². The number of hydrogen-bond donors (Lipinski definition) is 2. The van der Waals surface area contributed by atoms with Crippen molar-refractivity contribution in [3.8, 4) is 22.6 Å². The van der Waals surface area contributed by atoms with Crippen LogP contribution in [0.4, 0.5) is 11.4 Å². The molecule has 28 heavy (non-hydrogen) atoms. The number of nitrogens with one attached hydrogen (secondary N) is 2. The van der Waals surface area contributed by atoms with Crippen LogP contribution >= 0.6 is 0 Å². The van der Waals surface area contributed by atoms with Gasteiger partial charge in [0.05, 0.1) is 11.4 Å². The molecule has 0 radical (unpaired) electrons. The minimum absolute atomic E-state index is 0.547. The number of pyridine rings is 1. The van der Waals surface area contributed by atoms with E-state index in [0.29, 0.717) is 18.0 Å². The second kappa shape index (κ2) is 6.35. The summed E-state index contributed by atoms with van der Waals surface area (Å²) < 4.78 is 6.34. The highest BCUT2D eigenvalue weighted by Crippen LogP contribution is 2.50. The molecule has 2 N–H and O–H groups in total. The van der Waals surface area contributed by atoms with Crippen molar-refractivity contribution in [2.45, 2.75) is 43.7 Å². The van der Waals surface area contributed by atoms with Crippen molar-refractivity contribution < 1.29 is 4.74 Å². The largest absolute Gasteiger partial charge is 0.453 e. The van der Waals surface area contributed by atoms with E-state index in [1.165, 1.54) is 36.8 Å². The first-order valence-corrected chi connectivity index (χ1v) is 10.2. The highest BCUT2D eigenvalue weighted by molar-refractivity contribution is 5.82. The van der Waals surface area contributed by atoms with Crippen LogP contribution in [0.1, 0.15) is 37.2 Å². The quantitative estimate of drug-likeness (QED) is 0.483. The lowest BCUT2D eigenvalue weighted by Gasteiger charge is -2.33. The fourth-order valence-corrected chi connectivity index (χ4v) is 5.10. The normalized spacial score (nSPS) is 24.6. The smallest absolute Gasteiger partial charge is 0.151 e. The molecular formula is C24H23N3O. The average Bonchev–Trinajstić information content (AvgIpc) is 3.09. The Morgan fingerprint density at radius 1 is 0.893 bits per heavy atom. The van der Waals surface area contributed by atoms with E-state index >= 15 is 0 Å². The molecule has 3 aromatic rings. The summed E-state index contributed by atoms with van der Waals surface area (Å²) in [7, 11) is 0. The zero-order chi connectivity index (χ0) is 18.5. The van der Waals surface area contributed by atoms with Gasteiger partial charge in [0.2, 0.25) is 0 Å². The Morgan fingerprint density at radius 3 is 2.57 bits per heavy atom. The van der Waals surface area contributed by atoms with Gasteiger partial charge in [0.1, 0.15) is 0 Å². The zero-order valence-electron chi connectivity index (χ0n) is 15.7. The van der Waals surface area contributed by atoms with Crippen molar-refractivity contribution in [1.29, 1.82) is 0 Å². The molecule has 2 saturated heterocycles. The van der Waals surface area contributed by atoms with Gasteiger partial charge in [0.15, 0.2) is 11.5 Å². The van der Waals surface area contributed by atoms with Gasteiger partial charge in [-0.1, -0.05) is 18.2 Å². The molecule has 2 atom stereocenters. The lowest BCUT2D eigenvalue weighted by molar-refractivity contribution is 0.363. The van der Waals surface area contributed by atoms with Gasteiger partial charge in [-0.15, -0.1) is 0 Å². The Balaban J connectivity index is 1.49. The van der Waals surface area contributed by atoms with Crippen LogP contribution < -0.4 is 15.4 Å². The van der Waals surface area contributed by atoms with Crippen molar-refractivity contribution >= 4 is 11.4 Å². The first-order valence-electron chi connectivity index (χ1n) is 10.2. The molecule has 140 valence electrons. The predicted molar refractivity (Wildman–Crippen MR) is 111 cm³/mol. The number of benzene rings is 2. The minimum Gasteiger partial charge on any atom is -0.453 e. The van der Waals surface area contributed by atoms with Crippen molar-refractivity contribution in [2.24, 2.45) is 0 Å². The van der Waals surface area contributed by atoms with E-state index in [0.717, 1.165) is 28.4 Å². The van der Waals surface area contributed by atoms with E-state index in [9.17, 15) is 0 Å². The third kappa shape index (κ3) is 2.68. The summed E-state index contributed by atoms with van der Waals surface area (Å²) in [5.74, 6) is 2.35. The van der Waals surface area contributed by atoms with Gasteiger partial charge in [-0.3, -0.25) is 4.98 Å². The molecular weight excluding hydrogens is 346 g/mol. The summed E-state index contributed by atoms with van der Waals surface area (Å²) >= 11 is 0. The number of hydrogen-bond acceptors (Lipinski definition) is 4. The van der Waals surface area contributed by atoms with E-state index < -0.39 is 0 Å². The number of rotatable bonds is 2. The Labute approximate surface area is 165 Å². The summed E-state index contributed by atoms with van der Waals surface area (Å²) in [6.07, 6.45) is 8.76. The molecule has 3 aliphatic heterocycles. The van der Waals surface area contributed by atoms with Gasteiger partial charge < -0.3 is 15.4 Å². The van der Waals surface area contributed by atoms with Gasteiger partial charge in [-0.05, 0) is 73.1 Å². The minimum atomic E-state index is 0.547. The highest BCUT2D eigenvalue weighted by atomic mass is 16.5. The van der Waals surface area contributed by atoms with Gasteiger partial charge in [0.25, 0.3) is 0 Å². The molecule has 2 bridgehead atoms. The summed E-state index contributed by atoms with van der Waals surface area (Å²) in [5, 5.41) is 7.44. The molecule has 4 heteroatoms. The number of ether oxygens (including phenoxy) is 1. The van der Waals surface area contributed by atoms with Crippen molar-refractivity contribution in [3.63, 3.8) is 0 Å². The van der Waals surface area contributed by atoms with Crippen molar-refractivity contribution in [2.75, 3.05) is 5.32 Å². The van der Waals surface area contributed by atoms with Gasteiger partial charge in [0, 0.05) is 30.0 Å². The van der Waals surface area contributed by atoms with Crippen LogP contribution in [0.2, 0.25) is 0 Å². The summed E-state index contributed by atoms with van der Waals surface area (Å²) in [4.78, 5) is 4.32. The number of aromatic nitrogens is 1. The van der Waals surface area contributed by atoms with E-state index in [2.05, 4.69) is 45.9 Å². The number of piperidine rings is 1. The molecule has 6 rings (SSSR count). The molecule has 2 unspecified atom stereocenters. The van der Waals surface area contributed by atoms with Gasteiger partial charge in [-0.25, -0.2) is 0 Å². The maximum Gasteiger partial charge on any atom is 0.151 e. The van der Waals surface area contributed by atoms with E-state index in [1.807, 2.05) is 30.6 Å². The topological polar surface area (TPSA) is 46.2 Å². The van der Waals surface area contributed by atoms with Crippen LogP contribution in [-0.4, -0.2) is 17.1 Å². The SMILES string of the molecule is c1cncc(-c2cc3c(c(C4CC5CCC(C4)N5)c2)Nc2ccccc2O3)c1. The van der Waals surface area contributed by atoms with Crippen LogP contribution in [0.3, 0.4) is 0 Å². The Bertz CT molecular complexity index is 1020. The van der Waals surface area contributed by atoms with Crippen LogP contribution in [0.25, 0.3) is 11.1 Å². The standard InChI is InChI=1S/C24H23N3O/c1-2-6-22-21(5-1)27-24-20(17-10-18-7-8-19(11-17)26-18)12-16(13-23(24)28-22)15-4-3-9-25-14-15/h1-6,9,12-14,17-19,26-27H,7-8,10-11H2. The molecule has 0 amide bonds. The Morgan fingerprint density at radius 2 is 1.75 bits per heavy atom. The lowest BCUT2D eigenvalue weighted by Crippen LogP contribution is -2.37. The fourth-order valence-electron chi connectivity index (χ4n) is 5.10. The molecule has 2 fully saturated rings. The van der Waals surface area contributed by atoms with Crippen LogP contribution in [0.5, 0.6) is 11.5 Å². The third-order valence-electron chi connectivity index (χ3n) is 6.41. The summed E-state index contributed by atoms with van der Waals surface area (Å²) in [6.45, 7) is 0. The van der Waals surface area contributed by atoms with E-state index in [4.69, 9.17) is 4.74 Å². The second-order valence-corrected chi connectivity index (χ2v) is 8.21. The third-order valence-corrected chi connectivity index (χ3v) is 6.41. The molecule has 1 aromatic heterocycles. The summed E-state index contributed by atoms with van der Waals surface area (Å²) in [5.41, 5.74) is 5.86. The Kier molecular flexibility index (Phi) is 3.66. The molecule has 0 spiro atoms. The average molecular weight is 369 g/mol. The monoisotopic (exact) mass is 369 g/mol. The molecule has 0 saturated carbocycles. The molecule has 2 aromatic carbocycles. The Hall–Kier alpha value is -2.85. The molecule has 0 aliphatic carbocycles. The van der Waals surface area contributed by atoms with Crippen LogP contribution in [0.15, 0.2) is 60.9 Å². The number of anilines is 2. The predicted octanol–water partition coefficient (Wildman–Crippen LogP) is 5.60. The summed E-state index contributed by atoms with van der Waals surface area (Å²) in [6, 6.07) is 18.1. The first kappa shape index (κ1) is 16.1. The fraction of sp³-hybridized carbons (Fsp3) is 0.292. The van der Waals surface area contributed by atoms with E-state index in [1.54, 1.807) is 0 Å².